The Hall–Kier alpha value is -1.06. The highest BCUT2D eigenvalue weighted by molar-refractivity contribution is 5.27. The van der Waals surface area contributed by atoms with Gasteiger partial charge in [0.15, 0.2) is 0 Å². The zero-order valence-electron chi connectivity index (χ0n) is 12.0. The van der Waals surface area contributed by atoms with Crippen molar-refractivity contribution in [2.45, 2.75) is 39.3 Å². The summed E-state index contributed by atoms with van der Waals surface area (Å²) in [5, 5.41) is 6.95. The van der Waals surface area contributed by atoms with Gasteiger partial charge in [0.05, 0.1) is 7.11 Å². The van der Waals surface area contributed by atoms with E-state index in [9.17, 15) is 0 Å². The fourth-order valence-corrected chi connectivity index (χ4v) is 1.74. The van der Waals surface area contributed by atoms with Gasteiger partial charge < -0.3 is 15.4 Å². The molecule has 0 saturated carbocycles. The lowest BCUT2D eigenvalue weighted by Crippen LogP contribution is -2.39. The summed E-state index contributed by atoms with van der Waals surface area (Å²) >= 11 is 0. The van der Waals surface area contributed by atoms with Gasteiger partial charge in [-0.3, -0.25) is 0 Å². The third-order valence-corrected chi connectivity index (χ3v) is 2.90. The average molecular weight is 250 g/mol. The van der Waals surface area contributed by atoms with Crippen LogP contribution in [0.25, 0.3) is 0 Å². The Bertz CT molecular complexity index is 322. The normalized spacial score (nSPS) is 12.7. The molecule has 3 nitrogen and oxygen atoms in total. The zero-order valence-corrected chi connectivity index (χ0v) is 12.0. The minimum Gasteiger partial charge on any atom is -0.497 e. The lowest BCUT2D eigenvalue weighted by atomic mass is 10.1. The van der Waals surface area contributed by atoms with E-state index in [1.165, 1.54) is 5.56 Å². The first-order valence-electron chi connectivity index (χ1n) is 6.71. The van der Waals surface area contributed by atoms with E-state index in [2.05, 4.69) is 43.5 Å². The molecule has 102 valence electrons. The number of rotatable bonds is 8. The highest BCUT2D eigenvalue weighted by atomic mass is 16.5. The smallest absolute Gasteiger partial charge is 0.118 e. The maximum absolute atomic E-state index is 5.14. The summed E-state index contributed by atoms with van der Waals surface area (Å²) in [6.07, 6.45) is 1.05. The summed E-state index contributed by atoms with van der Waals surface area (Å²) < 4.78 is 5.14. The number of benzene rings is 1. The topological polar surface area (TPSA) is 33.3 Å². The second-order valence-electron chi connectivity index (χ2n) is 5.02. The van der Waals surface area contributed by atoms with Crippen molar-refractivity contribution in [3.8, 4) is 5.75 Å². The number of ether oxygens (including phenoxy) is 1. The molecule has 1 aromatic rings. The molecule has 0 saturated heterocycles. The molecule has 0 fully saturated rings. The molecule has 0 aliphatic rings. The van der Waals surface area contributed by atoms with E-state index in [1.807, 2.05) is 12.1 Å². The summed E-state index contributed by atoms with van der Waals surface area (Å²) in [6, 6.07) is 9.33. The van der Waals surface area contributed by atoms with E-state index in [0.717, 1.165) is 25.3 Å². The summed E-state index contributed by atoms with van der Waals surface area (Å²) in [5.41, 5.74) is 1.34. The average Bonchev–Trinajstić information content (AvgIpc) is 2.37. The number of hydrogen-bond donors (Lipinski definition) is 2. The molecule has 0 radical (unpaired) electrons. The van der Waals surface area contributed by atoms with E-state index in [-0.39, 0.29) is 0 Å². The molecule has 3 heteroatoms. The van der Waals surface area contributed by atoms with Crippen molar-refractivity contribution in [3.63, 3.8) is 0 Å². The van der Waals surface area contributed by atoms with E-state index in [1.54, 1.807) is 7.11 Å². The molecule has 0 aliphatic heterocycles. The van der Waals surface area contributed by atoms with Crippen molar-refractivity contribution < 1.29 is 4.74 Å². The van der Waals surface area contributed by atoms with E-state index in [4.69, 9.17) is 4.74 Å². The molecule has 0 spiro atoms. The van der Waals surface area contributed by atoms with E-state index >= 15 is 0 Å². The van der Waals surface area contributed by atoms with Gasteiger partial charge in [-0.15, -0.1) is 0 Å². The van der Waals surface area contributed by atoms with E-state index < -0.39 is 0 Å². The van der Waals surface area contributed by atoms with Gasteiger partial charge in [-0.25, -0.2) is 0 Å². The quantitative estimate of drug-likeness (QED) is 0.742. The van der Waals surface area contributed by atoms with Crippen LogP contribution in [0.3, 0.4) is 0 Å². The Morgan fingerprint density at radius 3 is 2.28 bits per heavy atom. The molecule has 0 bridgehead atoms. The fraction of sp³-hybridized carbons (Fsp3) is 0.600. The molecule has 1 atom stereocenters. The van der Waals surface area contributed by atoms with Gasteiger partial charge in [-0.05, 0) is 37.6 Å². The maximum Gasteiger partial charge on any atom is 0.118 e. The number of nitrogens with one attached hydrogen (secondary N) is 2. The van der Waals surface area contributed by atoms with Crippen LogP contribution in [0.2, 0.25) is 0 Å². The minimum atomic E-state index is 0.505. The Kier molecular flexibility index (Phi) is 6.76. The molecule has 0 aliphatic carbocycles. The van der Waals surface area contributed by atoms with Crippen LogP contribution >= 0.6 is 0 Å². The Balaban J connectivity index is 2.20. The van der Waals surface area contributed by atoms with Crippen LogP contribution in [0.4, 0.5) is 0 Å². The minimum absolute atomic E-state index is 0.505. The summed E-state index contributed by atoms with van der Waals surface area (Å²) in [5.74, 6) is 0.918. The fourth-order valence-electron chi connectivity index (χ4n) is 1.74. The van der Waals surface area contributed by atoms with Crippen molar-refractivity contribution >= 4 is 0 Å². The van der Waals surface area contributed by atoms with Crippen LogP contribution in [0.5, 0.6) is 5.75 Å². The van der Waals surface area contributed by atoms with Gasteiger partial charge in [0.2, 0.25) is 0 Å². The number of hydrogen-bond acceptors (Lipinski definition) is 3. The lowest BCUT2D eigenvalue weighted by molar-refractivity contribution is 0.414. The first kappa shape index (κ1) is 15.0. The molecular formula is C15H26N2O. The monoisotopic (exact) mass is 250 g/mol. The van der Waals surface area contributed by atoms with Gasteiger partial charge in [0, 0.05) is 18.6 Å². The van der Waals surface area contributed by atoms with Crippen LogP contribution in [0, 0.1) is 0 Å². The highest BCUT2D eigenvalue weighted by Gasteiger charge is 2.02. The van der Waals surface area contributed by atoms with Crippen molar-refractivity contribution in [1.29, 1.82) is 0 Å². The van der Waals surface area contributed by atoms with Crippen LogP contribution in [0.15, 0.2) is 24.3 Å². The molecule has 1 unspecified atom stereocenters. The van der Waals surface area contributed by atoms with Gasteiger partial charge in [0.25, 0.3) is 0 Å². The Morgan fingerprint density at radius 1 is 1.06 bits per heavy atom. The summed E-state index contributed by atoms with van der Waals surface area (Å²) in [4.78, 5) is 0. The van der Waals surface area contributed by atoms with Crippen LogP contribution in [0.1, 0.15) is 26.3 Å². The summed E-state index contributed by atoms with van der Waals surface area (Å²) in [7, 11) is 1.69. The first-order valence-corrected chi connectivity index (χ1v) is 6.71. The maximum atomic E-state index is 5.14. The van der Waals surface area contributed by atoms with Crippen LogP contribution in [-0.2, 0) is 6.42 Å². The van der Waals surface area contributed by atoms with Crippen LogP contribution < -0.4 is 15.4 Å². The first-order chi connectivity index (χ1) is 8.61. The molecule has 0 aromatic heterocycles. The predicted molar refractivity (Wildman–Crippen MR) is 77.3 cm³/mol. The van der Waals surface area contributed by atoms with Crippen LogP contribution in [-0.4, -0.2) is 32.3 Å². The molecular weight excluding hydrogens is 224 g/mol. The predicted octanol–water partition coefficient (Wildman–Crippen LogP) is 2.21. The van der Waals surface area contributed by atoms with Crippen molar-refractivity contribution in [1.82, 2.24) is 10.6 Å². The van der Waals surface area contributed by atoms with Gasteiger partial charge in [0.1, 0.15) is 5.75 Å². The van der Waals surface area contributed by atoms with E-state index in [0.29, 0.717) is 12.1 Å². The van der Waals surface area contributed by atoms with Gasteiger partial charge in [-0.2, -0.15) is 0 Å². The Labute approximate surface area is 111 Å². The zero-order chi connectivity index (χ0) is 13.4. The lowest BCUT2D eigenvalue weighted by Gasteiger charge is -2.16. The molecule has 0 amide bonds. The second-order valence-corrected chi connectivity index (χ2v) is 5.02. The molecule has 1 rings (SSSR count). The highest BCUT2D eigenvalue weighted by Crippen LogP contribution is 2.11. The van der Waals surface area contributed by atoms with Gasteiger partial charge in [-0.1, -0.05) is 26.0 Å². The molecule has 2 N–H and O–H groups in total. The number of methoxy groups -OCH3 is 1. The van der Waals surface area contributed by atoms with Crippen molar-refractivity contribution in [3.05, 3.63) is 29.8 Å². The largest absolute Gasteiger partial charge is 0.497 e. The third-order valence-electron chi connectivity index (χ3n) is 2.90. The Morgan fingerprint density at radius 2 is 1.72 bits per heavy atom. The molecule has 1 aromatic carbocycles. The van der Waals surface area contributed by atoms with Crippen molar-refractivity contribution in [2.24, 2.45) is 0 Å². The second kappa shape index (κ2) is 8.11. The standard InChI is InChI=1S/C15H26N2O/c1-12(2)17-11-13(3)16-10-9-14-5-7-15(18-4)8-6-14/h5-8,12-13,16-17H,9-11H2,1-4H3. The summed E-state index contributed by atoms with van der Waals surface area (Å²) in [6.45, 7) is 8.57. The third kappa shape index (κ3) is 6.03. The van der Waals surface area contributed by atoms with Crippen molar-refractivity contribution in [2.75, 3.05) is 20.2 Å². The SMILES string of the molecule is COc1ccc(CCNC(C)CNC(C)C)cc1. The van der Waals surface area contributed by atoms with Gasteiger partial charge >= 0.3 is 0 Å². The molecule has 18 heavy (non-hydrogen) atoms. The molecule has 0 heterocycles.